The zero-order valence-corrected chi connectivity index (χ0v) is 23.5. The molecular formula is C24H29Cl2FN4O3S2. The molecule has 7 nitrogen and oxygen atoms in total. The first-order valence-electron chi connectivity index (χ1n) is 11.4. The van der Waals surface area contributed by atoms with E-state index in [1.54, 1.807) is 4.90 Å². The summed E-state index contributed by atoms with van der Waals surface area (Å²) >= 11 is 7.73. The van der Waals surface area contributed by atoms with Crippen molar-refractivity contribution in [3.05, 3.63) is 52.8 Å². The summed E-state index contributed by atoms with van der Waals surface area (Å²) < 4.78 is 41.5. The number of hydrogen-bond acceptors (Lipinski definition) is 6. The molecule has 1 fully saturated rings. The largest absolute Gasteiger partial charge is 0.308 e. The van der Waals surface area contributed by atoms with Crippen LogP contribution in [0.15, 0.2) is 41.3 Å². The Morgan fingerprint density at radius 2 is 1.78 bits per heavy atom. The Kier molecular flexibility index (Phi) is 9.35. The molecule has 36 heavy (non-hydrogen) atoms. The molecule has 2 heterocycles. The van der Waals surface area contributed by atoms with E-state index >= 15 is 0 Å². The van der Waals surface area contributed by atoms with E-state index in [-0.39, 0.29) is 42.2 Å². The van der Waals surface area contributed by atoms with Gasteiger partial charge in [0.05, 0.1) is 15.1 Å². The summed E-state index contributed by atoms with van der Waals surface area (Å²) in [7, 11) is 0.161. The second kappa shape index (κ2) is 11.7. The minimum atomic E-state index is -3.74. The predicted molar refractivity (Wildman–Crippen MR) is 145 cm³/mol. The summed E-state index contributed by atoms with van der Waals surface area (Å²) in [5.74, 6) is -0.847. The Bertz CT molecular complexity index is 1330. The molecule has 12 heteroatoms. The maximum absolute atomic E-state index is 13.6. The number of piperidine rings is 1. The summed E-state index contributed by atoms with van der Waals surface area (Å²) in [6, 6.07) is 8.57. The second-order valence-corrected chi connectivity index (χ2v) is 12.3. The number of halogens is 3. The van der Waals surface area contributed by atoms with Gasteiger partial charge in [0.1, 0.15) is 5.82 Å². The number of hydrogen-bond donors (Lipinski definition) is 0. The first-order chi connectivity index (χ1) is 16.6. The average Bonchev–Trinajstić information content (AvgIpc) is 3.26. The van der Waals surface area contributed by atoms with Crippen LogP contribution in [0.3, 0.4) is 0 Å². The highest BCUT2D eigenvalue weighted by Gasteiger charge is 2.35. The number of sulfonamides is 1. The summed E-state index contributed by atoms with van der Waals surface area (Å²) in [6.07, 6.45) is 0.820. The third-order valence-electron chi connectivity index (χ3n) is 6.26. The Labute approximate surface area is 226 Å². The number of aromatic nitrogens is 1. The Hall–Kier alpha value is -1.82. The van der Waals surface area contributed by atoms with Crippen LogP contribution < -0.4 is 4.90 Å². The summed E-state index contributed by atoms with van der Waals surface area (Å²) in [6.45, 7) is 3.52. The molecule has 0 aliphatic carbocycles. The Balaban J connectivity index is 0.00000361. The van der Waals surface area contributed by atoms with E-state index in [2.05, 4.69) is 0 Å². The third kappa shape index (κ3) is 6.00. The standard InChI is InChI=1S/C24H28ClFN4O3S2.ClH/c1-16-20(25)8-9-21-22(16)27-24(34-21)30(15-14-28(2)3)23(31)17-10-12-29(13-11-17)35(32,33)19-6-4-18(26)5-7-19;/h4-9,17H,10-15H2,1-3H3;1H. The van der Waals surface area contributed by atoms with Crippen molar-refractivity contribution >= 4 is 66.6 Å². The molecule has 1 amide bonds. The number of rotatable bonds is 7. The van der Waals surface area contributed by atoms with Gasteiger partial charge in [0, 0.05) is 37.1 Å². The Morgan fingerprint density at radius 1 is 1.14 bits per heavy atom. The number of carbonyl (C=O) groups is 1. The van der Waals surface area contributed by atoms with Gasteiger partial charge in [-0.05, 0) is 75.8 Å². The lowest BCUT2D eigenvalue weighted by Crippen LogP contribution is -2.46. The van der Waals surface area contributed by atoms with Gasteiger partial charge < -0.3 is 4.90 Å². The SMILES string of the molecule is Cc1c(Cl)ccc2sc(N(CCN(C)C)C(=O)C3CCN(S(=O)(=O)c4ccc(F)cc4)CC3)nc12.Cl. The molecule has 4 rings (SSSR count). The van der Waals surface area contributed by atoms with Gasteiger partial charge in [0.2, 0.25) is 15.9 Å². The van der Waals surface area contributed by atoms with Crippen molar-refractivity contribution in [3.63, 3.8) is 0 Å². The van der Waals surface area contributed by atoms with Crippen LogP contribution >= 0.6 is 35.3 Å². The van der Waals surface area contributed by atoms with Crippen LogP contribution in [-0.4, -0.2) is 68.8 Å². The fourth-order valence-corrected chi connectivity index (χ4v) is 6.80. The number of carbonyl (C=O) groups excluding carboxylic acids is 1. The molecule has 0 spiro atoms. The molecule has 1 aromatic heterocycles. The lowest BCUT2D eigenvalue weighted by molar-refractivity contribution is -0.123. The van der Waals surface area contributed by atoms with Crippen LogP contribution in [0.1, 0.15) is 18.4 Å². The topological polar surface area (TPSA) is 73.8 Å². The highest BCUT2D eigenvalue weighted by molar-refractivity contribution is 7.89. The second-order valence-electron chi connectivity index (χ2n) is 8.94. The molecule has 196 valence electrons. The number of benzene rings is 2. The van der Waals surface area contributed by atoms with Crippen molar-refractivity contribution in [3.8, 4) is 0 Å². The molecule has 0 N–H and O–H groups in total. The van der Waals surface area contributed by atoms with Gasteiger partial charge in [-0.25, -0.2) is 17.8 Å². The first kappa shape index (κ1) is 28.7. The van der Waals surface area contributed by atoms with E-state index in [4.69, 9.17) is 16.6 Å². The highest BCUT2D eigenvalue weighted by Crippen LogP contribution is 2.35. The lowest BCUT2D eigenvalue weighted by Gasteiger charge is -2.33. The molecular weight excluding hydrogens is 546 g/mol. The fourth-order valence-electron chi connectivity index (χ4n) is 4.12. The minimum absolute atomic E-state index is 0. The van der Waals surface area contributed by atoms with Crippen molar-refractivity contribution in [2.45, 2.75) is 24.7 Å². The first-order valence-corrected chi connectivity index (χ1v) is 14.0. The van der Waals surface area contributed by atoms with E-state index in [1.165, 1.54) is 27.8 Å². The molecule has 2 aromatic carbocycles. The maximum atomic E-state index is 13.6. The monoisotopic (exact) mass is 574 g/mol. The highest BCUT2D eigenvalue weighted by atomic mass is 35.5. The number of likely N-dealkylation sites (N-methyl/N-ethyl adjacent to an activating group) is 1. The fraction of sp³-hybridized carbons (Fsp3) is 0.417. The smallest absolute Gasteiger partial charge is 0.243 e. The zero-order chi connectivity index (χ0) is 25.3. The van der Waals surface area contributed by atoms with Gasteiger partial charge in [-0.2, -0.15) is 4.31 Å². The normalized spacial score (nSPS) is 15.3. The number of nitrogens with zero attached hydrogens (tertiary/aromatic N) is 4. The molecule has 0 unspecified atom stereocenters. The van der Waals surface area contributed by atoms with Crippen molar-refractivity contribution < 1.29 is 17.6 Å². The number of anilines is 1. The molecule has 0 bridgehead atoms. The van der Waals surface area contributed by atoms with E-state index in [0.29, 0.717) is 36.1 Å². The van der Waals surface area contributed by atoms with Gasteiger partial charge in [0.15, 0.2) is 5.13 Å². The van der Waals surface area contributed by atoms with E-state index < -0.39 is 15.8 Å². The van der Waals surface area contributed by atoms with Gasteiger partial charge >= 0.3 is 0 Å². The number of thiazole rings is 1. The summed E-state index contributed by atoms with van der Waals surface area (Å²) in [5.41, 5.74) is 1.67. The molecule has 1 saturated heterocycles. The molecule has 0 saturated carbocycles. The van der Waals surface area contributed by atoms with Crippen LogP contribution in [0, 0.1) is 18.7 Å². The van der Waals surface area contributed by atoms with Crippen molar-refractivity contribution in [1.29, 1.82) is 0 Å². The van der Waals surface area contributed by atoms with Gasteiger partial charge in [-0.15, -0.1) is 12.4 Å². The van der Waals surface area contributed by atoms with Crippen molar-refractivity contribution in [2.75, 3.05) is 45.2 Å². The Morgan fingerprint density at radius 3 is 2.39 bits per heavy atom. The zero-order valence-electron chi connectivity index (χ0n) is 20.3. The van der Waals surface area contributed by atoms with Crippen molar-refractivity contribution in [1.82, 2.24) is 14.2 Å². The number of fused-ring (bicyclic) bond motifs is 1. The average molecular weight is 576 g/mol. The van der Waals surface area contributed by atoms with Crippen LogP contribution in [0.2, 0.25) is 5.02 Å². The molecule has 0 atom stereocenters. The van der Waals surface area contributed by atoms with Crippen LogP contribution in [0.5, 0.6) is 0 Å². The van der Waals surface area contributed by atoms with E-state index in [9.17, 15) is 17.6 Å². The maximum Gasteiger partial charge on any atom is 0.243 e. The van der Waals surface area contributed by atoms with Gasteiger partial charge in [-0.3, -0.25) is 9.69 Å². The molecule has 1 aliphatic rings. The van der Waals surface area contributed by atoms with E-state index in [0.717, 1.165) is 27.9 Å². The molecule has 0 radical (unpaired) electrons. The lowest BCUT2D eigenvalue weighted by atomic mass is 9.96. The quantitative estimate of drug-likeness (QED) is 0.404. The van der Waals surface area contributed by atoms with Crippen LogP contribution in [0.25, 0.3) is 10.2 Å². The van der Waals surface area contributed by atoms with Crippen molar-refractivity contribution in [2.24, 2.45) is 5.92 Å². The van der Waals surface area contributed by atoms with Crippen LogP contribution in [0.4, 0.5) is 9.52 Å². The third-order valence-corrected chi connectivity index (χ3v) is 9.62. The molecule has 3 aromatic rings. The number of aryl methyl sites for hydroxylation is 1. The summed E-state index contributed by atoms with van der Waals surface area (Å²) in [4.78, 5) is 22.2. The number of amides is 1. The molecule has 1 aliphatic heterocycles. The van der Waals surface area contributed by atoms with Gasteiger partial charge in [0.25, 0.3) is 0 Å². The van der Waals surface area contributed by atoms with Gasteiger partial charge in [-0.1, -0.05) is 22.9 Å². The van der Waals surface area contributed by atoms with E-state index in [1.807, 2.05) is 38.1 Å². The summed E-state index contributed by atoms with van der Waals surface area (Å²) in [5, 5.41) is 1.26. The minimum Gasteiger partial charge on any atom is -0.308 e. The predicted octanol–water partition coefficient (Wildman–Crippen LogP) is 4.81. The van der Waals surface area contributed by atoms with Crippen LogP contribution in [-0.2, 0) is 14.8 Å².